The molecule has 1 rings (SSSR count). The molecule has 0 aromatic heterocycles. The number of β-amino-alcohol motifs (C(OH)–C–C–N with tert-alkyl or cyclic N) is 1. The molecular formula is C10H18N4O5. The summed E-state index contributed by atoms with van der Waals surface area (Å²) in [4.78, 5) is 23.3. The van der Waals surface area contributed by atoms with E-state index in [2.05, 4.69) is 20.1 Å². The highest BCUT2D eigenvalue weighted by Gasteiger charge is 2.17. The summed E-state index contributed by atoms with van der Waals surface area (Å²) in [5.74, 6) is -0.536. The van der Waals surface area contributed by atoms with Crippen LogP contribution in [0.5, 0.6) is 0 Å². The molecule has 0 bridgehead atoms. The van der Waals surface area contributed by atoms with E-state index in [0.29, 0.717) is 6.54 Å². The summed E-state index contributed by atoms with van der Waals surface area (Å²) < 4.78 is 4.56. The van der Waals surface area contributed by atoms with Crippen LogP contribution in [0.1, 0.15) is 19.8 Å². The van der Waals surface area contributed by atoms with Gasteiger partial charge in [0.15, 0.2) is 0 Å². The molecule has 1 aliphatic heterocycles. The standard InChI is InChI=1S/C6H11N3O3.C4H7NO2/c1-2-12-6(11)3-5(10)4-8-9-7;6-3-1-4(7)5-2-3/h5,10H,2-4H2,1H3;3,6H,1-2H2,(H,5,7)/t5-;3-/m00/s1. The number of hydrogen-bond acceptors (Lipinski definition) is 6. The topological polar surface area (TPSA) is 145 Å². The molecule has 9 heteroatoms. The van der Waals surface area contributed by atoms with Gasteiger partial charge in [0.05, 0.1) is 38.2 Å². The van der Waals surface area contributed by atoms with Crippen molar-refractivity contribution in [2.45, 2.75) is 32.0 Å². The van der Waals surface area contributed by atoms with E-state index in [1.807, 2.05) is 0 Å². The summed E-state index contributed by atoms with van der Waals surface area (Å²) in [7, 11) is 0. The Labute approximate surface area is 110 Å². The Morgan fingerprint density at radius 3 is 2.79 bits per heavy atom. The smallest absolute Gasteiger partial charge is 0.308 e. The molecule has 19 heavy (non-hydrogen) atoms. The van der Waals surface area contributed by atoms with Crippen LogP contribution in [0.15, 0.2) is 5.11 Å². The Balaban J connectivity index is 0.000000388. The zero-order valence-corrected chi connectivity index (χ0v) is 10.7. The van der Waals surface area contributed by atoms with Gasteiger partial charge in [0, 0.05) is 11.5 Å². The van der Waals surface area contributed by atoms with Crippen LogP contribution >= 0.6 is 0 Å². The number of azide groups is 1. The molecule has 0 saturated carbocycles. The summed E-state index contributed by atoms with van der Waals surface area (Å²) in [5, 5.41) is 23.2. The van der Waals surface area contributed by atoms with E-state index in [0.717, 1.165) is 0 Å². The van der Waals surface area contributed by atoms with Crippen LogP contribution in [0, 0.1) is 0 Å². The predicted octanol–water partition coefficient (Wildman–Crippen LogP) is -0.522. The third kappa shape index (κ3) is 9.83. The number of esters is 1. The molecule has 0 aromatic rings. The number of nitrogens with zero attached hydrogens (tertiary/aromatic N) is 3. The van der Waals surface area contributed by atoms with Gasteiger partial charge in [-0.3, -0.25) is 9.59 Å². The van der Waals surface area contributed by atoms with Crippen LogP contribution in [0.25, 0.3) is 10.4 Å². The number of hydrogen-bond donors (Lipinski definition) is 3. The lowest BCUT2D eigenvalue weighted by Crippen LogP contribution is -2.18. The first-order chi connectivity index (χ1) is 8.99. The van der Waals surface area contributed by atoms with Crippen molar-refractivity contribution in [2.75, 3.05) is 19.7 Å². The summed E-state index contributed by atoms with van der Waals surface area (Å²) in [6.07, 6.45) is -1.24. The minimum absolute atomic E-state index is 0.0486. The second-order valence-electron chi connectivity index (χ2n) is 3.74. The highest BCUT2D eigenvalue weighted by atomic mass is 16.5. The van der Waals surface area contributed by atoms with Crippen molar-refractivity contribution >= 4 is 11.9 Å². The summed E-state index contributed by atoms with van der Waals surface area (Å²) in [5.41, 5.74) is 7.88. The van der Waals surface area contributed by atoms with E-state index < -0.39 is 18.2 Å². The van der Waals surface area contributed by atoms with Gasteiger partial charge in [-0.05, 0) is 12.5 Å². The summed E-state index contributed by atoms with van der Waals surface area (Å²) >= 11 is 0. The zero-order valence-electron chi connectivity index (χ0n) is 10.7. The number of aliphatic hydroxyl groups is 2. The van der Waals surface area contributed by atoms with Crippen molar-refractivity contribution in [1.82, 2.24) is 5.32 Å². The van der Waals surface area contributed by atoms with Crippen molar-refractivity contribution in [3.05, 3.63) is 10.4 Å². The average molecular weight is 274 g/mol. The Bertz CT molecular complexity index is 343. The van der Waals surface area contributed by atoms with Crippen LogP contribution < -0.4 is 5.32 Å². The van der Waals surface area contributed by atoms with Crippen LogP contribution in [0.3, 0.4) is 0 Å². The molecule has 1 heterocycles. The van der Waals surface area contributed by atoms with E-state index in [-0.39, 0.29) is 31.9 Å². The van der Waals surface area contributed by atoms with Crippen molar-refractivity contribution in [3.63, 3.8) is 0 Å². The molecule has 1 saturated heterocycles. The maximum absolute atomic E-state index is 10.7. The minimum atomic E-state index is -0.944. The molecule has 0 unspecified atom stereocenters. The van der Waals surface area contributed by atoms with Crippen molar-refractivity contribution < 1.29 is 24.5 Å². The molecule has 9 nitrogen and oxygen atoms in total. The first-order valence-electron chi connectivity index (χ1n) is 5.78. The number of rotatable bonds is 5. The lowest BCUT2D eigenvalue weighted by molar-refractivity contribution is -0.145. The Morgan fingerprint density at radius 1 is 1.74 bits per heavy atom. The number of aliphatic hydroxyl groups excluding tert-OH is 2. The second kappa shape index (κ2) is 10.1. The van der Waals surface area contributed by atoms with Gasteiger partial charge in [0.1, 0.15) is 0 Å². The molecule has 0 spiro atoms. The lowest BCUT2D eigenvalue weighted by Gasteiger charge is -2.05. The largest absolute Gasteiger partial charge is 0.466 e. The van der Waals surface area contributed by atoms with E-state index in [4.69, 9.17) is 15.7 Å². The fraction of sp³-hybridized carbons (Fsp3) is 0.800. The third-order valence-corrected chi connectivity index (χ3v) is 2.02. The van der Waals surface area contributed by atoms with Crippen LogP contribution in [0.2, 0.25) is 0 Å². The van der Waals surface area contributed by atoms with Gasteiger partial charge in [-0.25, -0.2) is 0 Å². The van der Waals surface area contributed by atoms with E-state index in [9.17, 15) is 9.59 Å². The fourth-order valence-electron chi connectivity index (χ4n) is 1.20. The van der Waals surface area contributed by atoms with Crippen LogP contribution in [-0.2, 0) is 14.3 Å². The van der Waals surface area contributed by atoms with Gasteiger partial charge in [-0.15, -0.1) is 0 Å². The Hall–Kier alpha value is -1.83. The van der Waals surface area contributed by atoms with E-state index >= 15 is 0 Å². The van der Waals surface area contributed by atoms with Crippen molar-refractivity contribution in [1.29, 1.82) is 0 Å². The number of amides is 1. The number of nitrogens with one attached hydrogen (secondary N) is 1. The second-order valence-corrected chi connectivity index (χ2v) is 3.74. The zero-order chi connectivity index (χ0) is 14.7. The maximum Gasteiger partial charge on any atom is 0.308 e. The van der Waals surface area contributed by atoms with Crippen molar-refractivity contribution in [3.8, 4) is 0 Å². The van der Waals surface area contributed by atoms with Gasteiger partial charge in [0.2, 0.25) is 5.91 Å². The minimum Gasteiger partial charge on any atom is -0.466 e. The molecule has 0 aromatic carbocycles. The van der Waals surface area contributed by atoms with Crippen LogP contribution in [-0.4, -0.2) is 54.0 Å². The van der Waals surface area contributed by atoms with E-state index in [1.165, 1.54) is 0 Å². The quantitative estimate of drug-likeness (QED) is 0.267. The SMILES string of the molecule is CCOC(=O)C[C@H](O)CN=[N+]=[N-].O=C1C[C@H](O)CN1. The number of carbonyl (C=O) groups is 2. The third-order valence-electron chi connectivity index (χ3n) is 2.02. The Morgan fingerprint density at radius 2 is 2.42 bits per heavy atom. The highest BCUT2D eigenvalue weighted by Crippen LogP contribution is 1.96. The summed E-state index contributed by atoms with van der Waals surface area (Å²) in [6, 6.07) is 0. The Kier molecular flexibility index (Phi) is 9.15. The van der Waals surface area contributed by atoms with E-state index in [1.54, 1.807) is 6.92 Å². The lowest BCUT2D eigenvalue weighted by atomic mass is 10.2. The molecule has 0 aliphatic carbocycles. The van der Waals surface area contributed by atoms with Crippen LogP contribution in [0.4, 0.5) is 0 Å². The summed E-state index contributed by atoms with van der Waals surface area (Å²) in [6.45, 7) is 2.29. The van der Waals surface area contributed by atoms with Gasteiger partial charge in [0.25, 0.3) is 0 Å². The van der Waals surface area contributed by atoms with Gasteiger partial charge < -0.3 is 20.3 Å². The fourth-order valence-corrected chi connectivity index (χ4v) is 1.20. The molecule has 108 valence electrons. The average Bonchev–Trinajstić information content (AvgIpc) is 2.71. The first-order valence-corrected chi connectivity index (χ1v) is 5.78. The first kappa shape index (κ1) is 17.2. The maximum atomic E-state index is 10.7. The van der Waals surface area contributed by atoms with Gasteiger partial charge in [-0.1, -0.05) is 5.11 Å². The molecule has 1 aliphatic rings. The highest BCUT2D eigenvalue weighted by molar-refractivity contribution is 5.78. The molecule has 3 N–H and O–H groups in total. The van der Waals surface area contributed by atoms with Crippen molar-refractivity contribution in [2.24, 2.45) is 5.11 Å². The number of carbonyl (C=O) groups excluding carboxylic acids is 2. The monoisotopic (exact) mass is 274 g/mol. The molecule has 0 radical (unpaired) electrons. The normalized spacial score (nSPS) is 18.5. The number of ether oxygens (including phenoxy) is 1. The molecule has 2 atom stereocenters. The molecule has 1 fully saturated rings. The van der Waals surface area contributed by atoms with Gasteiger partial charge >= 0.3 is 5.97 Å². The molecule has 1 amide bonds. The predicted molar refractivity (Wildman–Crippen MR) is 64.9 cm³/mol. The molecular weight excluding hydrogens is 256 g/mol. The van der Waals surface area contributed by atoms with Gasteiger partial charge in [-0.2, -0.15) is 0 Å².